The maximum absolute atomic E-state index is 6.22. The van der Waals surface area contributed by atoms with E-state index in [0.717, 1.165) is 36.6 Å². The van der Waals surface area contributed by atoms with E-state index >= 15 is 0 Å². The molecule has 0 spiro atoms. The van der Waals surface area contributed by atoms with Gasteiger partial charge < -0.3 is 16.0 Å². The molecule has 0 amide bonds. The second kappa shape index (κ2) is 5.91. The van der Waals surface area contributed by atoms with Crippen molar-refractivity contribution in [3.8, 4) is 0 Å². The van der Waals surface area contributed by atoms with Crippen LogP contribution in [-0.4, -0.2) is 37.1 Å². The van der Waals surface area contributed by atoms with Crippen molar-refractivity contribution >= 4 is 17.3 Å². The molecular weight excluding hydrogens is 246 g/mol. The molecule has 1 aromatic rings. The Morgan fingerprint density at radius 2 is 2.11 bits per heavy atom. The largest absolute Gasteiger partial charge is 0.377 e. The Labute approximate surface area is 114 Å². The SMILES string of the molecule is CN1CCCC(CN)(Nc2ccccc2Cl)CC1. The lowest BCUT2D eigenvalue weighted by Crippen LogP contribution is -2.46. The molecule has 1 saturated heterocycles. The quantitative estimate of drug-likeness (QED) is 0.884. The summed E-state index contributed by atoms with van der Waals surface area (Å²) < 4.78 is 0. The zero-order valence-electron chi connectivity index (χ0n) is 11.0. The monoisotopic (exact) mass is 267 g/mol. The fourth-order valence-electron chi connectivity index (χ4n) is 2.56. The van der Waals surface area contributed by atoms with Crippen molar-refractivity contribution in [2.45, 2.75) is 24.8 Å². The summed E-state index contributed by atoms with van der Waals surface area (Å²) in [5, 5.41) is 4.36. The van der Waals surface area contributed by atoms with Crippen molar-refractivity contribution < 1.29 is 0 Å². The maximum Gasteiger partial charge on any atom is 0.0637 e. The summed E-state index contributed by atoms with van der Waals surface area (Å²) >= 11 is 6.22. The van der Waals surface area contributed by atoms with E-state index < -0.39 is 0 Å². The second-order valence-corrected chi connectivity index (χ2v) is 5.65. The third-order valence-electron chi connectivity index (χ3n) is 3.83. The van der Waals surface area contributed by atoms with Gasteiger partial charge in [0.1, 0.15) is 0 Å². The van der Waals surface area contributed by atoms with E-state index in [1.165, 1.54) is 6.42 Å². The third-order valence-corrected chi connectivity index (χ3v) is 4.16. The van der Waals surface area contributed by atoms with Gasteiger partial charge in [-0.25, -0.2) is 0 Å². The molecule has 0 aromatic heterocycles. The van der Waals surface area contributed by atoms with E-state index in [1.54, 1.807) is 0 Å². The lowest BCUT2D eigenvalue weighted by atomic mass is 9.90. The fraction of sp³-hybridized carbons (Fsp3) is 0.571. The second-order valence-electron chi connectivity index (χ2n) is 5.25. The smallest absolute Gasteiger partial charge is 0.0637 e. The average molecular weight is 268 g/mol. The van der Waals surface area contributed by atoms with Gasteiger partial charge in [0.05, 0.1) is 16.2 Å². The topological polar surface area (TPSA) is 41.3 Å². The molecule has 1 aliphatic heterocycles. The van der Waals surface area contributed by atoms with Gasteiger partial charge in [0, 0.05) is 13.1 Å². The Morgan fingerprint density at radius 1 is 1.33 bits per heavy atom. The minimum absolute atomic E-state index is 0.0181. The van der Waals surface area contributed by atoms with E-state index in [1.807, 2.05) is 24.3 Å². The Kier molecular flexibility index (Phi) is 4.49. The van der Waals surface area contributed by atoms with Crippen LogP contribution in [-0.2, 0) is 0 Å². The maximum atomic E-state index is 6.22. The number of halogens is 1. The first-order valence-corrected chi connectivity index (χ1v) is 6.94. The van der Waals surface area contributed by atoms with Crippen LogP contribution in [0.15, 0.2) is 24.3 Å². The van der Waals surface area contributed by atoms with Crippen molar-refractivity contribution in [2.24, 2.45) is 5.73 Å². The lowest BCUT2D eigenvalue weighted by Gasteiger charge is -2.34. The van der Waals surface area contributed by atoms with Crippen molar-refractivity contribution in [3.05, 3.63) is 29.3 Å². The van der Waals surface area contributed by atoms with E-state index in [0.29, 0.717) is 6.54 Å². The minimum Gasteiger partial charge on any atom is -0.377 e. The van der Waals surface area contributed by atoms with Crippen LogP contribution in [0.4, 0.5) is 5.69 Å². The van der Waals surface area contributed by atoms with Crippen LogP contribution >= 0.6 is 11.6 Å². The number of benzene rings is 1. The van der Waals surface area contributed by atoms with Crippen molar-refractivity contribution in [2.75, 3.05) is 32.0 Å². The summed E-state index contributed by atoms with van der Waals surface area (Å²) in [4.78, 5) is 2.37. The van der Waals surface area contributed by atoms with Crippen molar-refractivity contribution in [1.82, 2.24) is 4.90 Å². The van der Waals surface area contributed by atoms with Crippen LogP contribution < -0.4 is 11.1 Å². The molecule has 2 rings (SSSR count). The molecule has 4 heteroatoms. The molecule has 1 heterocycles. The first kappa shape index (κ1) is 13.7. The van der Waals surface area contributed by atoms with Crippen molar-refractivity contribution in [3.63, 3.8) is 0 Å². The Hall–Kier alpha value is -0.770. The van der Waals surface area contributed by atoms with Crippen LogP contribution in [0.5, 0.6) is 0 Å². The van der Waals surface area contributed by atoms with Gasteiger partial charge in [-0.2, -0.15) is 0 Å². The van der Waals surface area contributed by atoms with Crippen LogP contribution in [0.1, 0.15) is 19.3 Å². The molecular formula is C14H22ClN3. The number of hydrogen-bond donors (Lipinski definition) is 2. The number of nitrogens with one attached hydrogen (secondary N) is 1. The highest BCUT2D eigenvalue weighted by atomic mass is 35.5. The first-order valence-electron chi connectivity index (χ1n) is 6.56. The van der Waals surface area contributed by atoms with Gasteiger partial charge in [-0.15, -0.1) is 0 Å². The number of rotatable bonds is 3. The Bertz CT molecular complexity index is 396. The van der Waals surface area contributed by atoms with Gasteiger partial charge in [-0.1, -0.05) is 23.7 Å². The van der Waals surface area contributed by atoms with Gasteiger partial charge in [-0.05, 0) is 45.0 Å². The molecule has 1 atom stereocenters. The molecule has 1 fully saturated rings. The Morgan fingerprint density at radius 3 is 2.83 bits per heavy atom. The molecule has 0 bridgehead atoms. The molecule has 1 aromatic carbocycles. The molecule has 1 aliphatic rings. The number of likely N-dealkylation sites (tertiary alicyclic amines) is 1. The third kappa shape index (κ3) is 3.16. The van der Waals surface area contributed by atoms with Crippen LogP contribution in [0, 0.1) is 0 Å². The standard InChI is InChI=1S/C14H22ClN3/c1-18-9-4-7-14(11-16,8-10-18)17-13-6-3-2-5-12(13)15/h2-3,5-6,17H,4,7-11,16H2,1H3. The van der Waals surface area contributed by atoms with Gasteiger partial charge in [0.15, 0.2) is 0 Å². The van der Waals surface area contributed by atoms with Gasteiger partial charge in [-0.3, -0.25) is 0 Å². The van der Waals surface area contributed by atoms with Gasteiger partial charge in [0.2, 0.25) is 0 Å². The number of nitrogens with zero attached hydrogens (tertiary/aromatic N) is 1. The molecule has 0 aliphatic carbocycles. The average Bonchev–Trinajstić information content (AvgIpc) is 2.56. The van der Waals surface area contributed by atoms with E-state index in [-0.39, 0.29) is 5.54 Å². The summed E-state index contributed by atoms with van der Waals surface area (Å²) in [6.07, 6.45) is 3.33. The highest BCUT2D eigenvalue weighted by Gasteiger charge is 2.30. The predicted molar refractivity (Wildman–Crippen MR) is 78.2 cm³/mol. The summed E-state index contributed by atoms with van der Waals surface area (Å²) in [7, 11) is 2.17. The van der Waals surface area contributed by atoms with Crippen LogP contribution in [0.25, 0.3) is 0 Å². The lowest BCUT2D eigenvalue weighted by molar-refractivity contribution is 0.337. The molecule has 0 radical (unpaired) electrons. The number of anilines is 1. The van der Waals surface area contributed by atoms with Crippen LogP contribution in [0.3, 0.4) is 0 Å². The zero-order valence-corrected chi connectivity index (χ0v) is 11.7. The summed E-state index contributed by atoms with van der Waals surface area (Å²) in [5.74, 6) is 0. The van der Waals surface area contributed by atoms with E-state index in [2.05, 4.69) is 17.3 Å². The molecule has 3 nitrogen and oxygen atoms in total. The van der Waals surface area contributed by atoms with Gasteiger partial charge in [0.25, 0.3) is 0 Å². The highest BCUT2D eigenvalue weighted by Crippen LogP contribution is 2.29. The molecule has 0 saturated carbocycles. The Balaban J connectivity index is 2.15. The summed E-state index contributed by atoms with van der Waals surface area (Å²) in [6, 6.07) is 7.88. The molecule has 18 heavy (non-hydrogen) atoms. The summed E-state index contributed by atoms with van der Waals surface area (Å²) in [5.41, 5.74) is 7.00. The number of nitrogens with two attached hydrogens (primary N) is 1. The minimum atomic E-state index is -0.0181. The van der Waals surface area contributed by atoms with E-state index in [9.17, 15) is 0 Å². The highest BCUT2D eigenvalue weighted by molar-refractivity contribution is 6.33. The normalized spacial score (nSPS) is 25.7. The molecule has 100 valence electrons. The zero-order chi connectivity index (χ0) is 13.0. The summed E-state index contributed by atoms with van der Waals surface area (Å²) in [6.45, 7) is 2.87. The number of hydrogen-bond acceptors (Lipinski definition) is 3. The first-order chi connectivity index (χ1) is 8.65. The van der Waals surface area contributed by atoms with Gasteiger partial charge >= 0.3 is 0 Å². The number of para-hydroxylation sites is 1. The predicted octanol–water partition coefficient (Wildman–Crippen LogP) is 2.57. The molecule has 3 N–H and O–H groups in total. The van der Waals surface area contributed by atoms with Crippen LogP contribution in [0.2, 0.25) is 5.02 Å². The van der Waals surface area contributed by atoms with Crippen molar-refractivity contribution in [1.29, 1.82) is 0 Å². The fourth-order valence-corrected chi connectivity index (χ4v) is 2.74. The molecule has 1 unspecified atom stereocenters. The van der Waals surface area contributed by atoms with E-state index in [4.69, 9.17) is 17.3 Å².